The van der Waals surface area contributed by atoms with Crippen LogP contribution in [0.25, 0.3) is 11.0 Å². The van der Waals surface area contributed by atoms with E-state index in [2.05, 4.69) is 49.0 Å². The minimum absolute atomic E-state index is 0.0528. The highest BCUT2D eigenvalue weighted by atomic mass is 15.2. The highest BCUT2D eigenvalue weighted by Gasteiger charge is 2.23. The third-order valence-corrected chi connectivity index (χ3v) is 3.76. The Balaban J connectivity index is 2.36. The van der Waals surface area contributed by atoms with Crippen LogP contribution in [-0.2, 0) is 7.05 Å². The van der Waals surface area contributed by atoms with Crippen molar-refractivity contribution < 1.29 is 0 Å². The SMILES string of the molecule is CN(c1ccc2c(c1)ncn2C)C(C)(C)CCN. The predicted molar refractivity (Wildman–Crippen MR) is 76.9 cm³/mol. The van der Waals surface area contributed by atoms with Crippen LogP contribution in [0.3, 0.4) is 0 Å². The van der Waals surface area contributed by atoms with Crippen molar-refractivity contribution in [3.63, 3.8) is 0 Å². The molecule has 0 radical (unpaired) electrons. The van der Waals surface area contributed by atoms with Crippen LogP contribution < -0.4 is 10.6 Å². The molecule has 18 heavy (non-hydrogen) atoms. The molecule has 4 nitrogen and oxygen atoms in total. The molecule has 2 aromatic rings. The summed E-state index contributed by atoms with van der Waals surface area (Å²) < 4.78 is 2.03. The van der Waals surface area contributed by atoms with E-state index in [1.54, 1.807) is 0 Å². The quantitative estimate of drug-likeness (QED) is 0.899. The van der Waals surface area contributed by atoms with E-state index in [1.165, 1.54) is 5.69 Å². The van der Waals surface area contributed by atoms with Gasteiger partial charge in [-0.05, 0) is 45.0 Å². The van der Waals surface area contributed by atoms with Crippen molar-refractivity contribution in [3.05, 3.63) is 24.5 Å². The number of hydrogen-bond acceptors (Lipinski definition) is 3. The first-order valence-corrected chi connectivity index (χ1v) is 6.31. The van der Waals surface area contributed by atoms with Gasteiger partial charge in [0.25, 0.3) is 0 Å². The average Bonchev–Trinajstić information content (AvgIpc) is 2.69. The van der Waals surface area contributed by atoms with E-state index in [1.807, 2.05) is 17.9 Å². The van der Waals surface area contributed by atoms with Gasteiger partial charge in [0.2, 0.25) is 0 Å². The molecule has 1 aromatic carbocycles. The zero-order valence-electron chi connectivity index (χ0n) is 11.6. The Morgan fingerprint density at radius 2 is 2.11 bits per heavy atom. The number of fused-ring (bicyclic) bond motifs is 1. The number of aromatic nitrogens is 2. The van der Waals surface area contributed by atoms with E-state index in [9.17, 15) is 0 Å². The Hall–Kier alpha value is -1.55. The molecule has 2 N–H and O–H groups in total. The van der Waals surface area contributed by atoms with Gasteiger partial charge in [-0.25, -0.2) is 4.98 Å². The molecule has 0 amide bonds. The number of aryl methyl sites for hydroxylation is 1. The molecule has 98 valence electrons. The smallest absolute Gasteiger partial charge is 0.0955 e. The second-order valence-corrected chi connectivity index (χ2v) is 5.44. The molecular weight excluding hydrogens is 224 g/mol. The zero-order valence-corrected chi connectivity index (χ0v) is 11.6. The molecule has 0 saturated carbocycles. The Bertz CT molecular complexity index is 542. The molecule has 0 aliphatic carbocycles. The van der Waals surface area contributed by atoms with Crippen LogP contribution in [0.2, 0.25) is 0 Å². The molecule has 0 aliphatic rings. The third-order valence-electron chi connectivity index (χ3n) is 3.76. The average molecular weight is 246 g/mol. The number of hydrogen-bond donors (Lipinski definition) is 1. The highest BCUT2D eigenvalue weighted by molar-refractivity contribution is 5.79. The molecule has 0 spiro atoms. The van der Waals surface area contributed by atoms with Gasteiger partial charge >= 0.3 is 0 Å². The summed E-state index contributed by atoms with van der Waals surface area (Å²) in [5, 5.41) is 0. The number of nitrogens with zero attached hydrogens (tertiary/aromatic N) is 3. The molecular formula is C14H22N4. The van der Waals surface area contributed by atoms with Crippen molar-refractivity contribution in [2.75, 3.05) is 18.5 Å². The normalized spacial score (nSPS) is 12.1. The highest BCUT2D eigenvalue weighted by Crippen LogP contribution is 2.27. The van der Waals surface area contributed by atoms with E-state index in [4.69, 9.17) is 5.73 Å². The largest absolute Gasteiger partial charge is 0.369 e. The van der Waals surface area contributed by atoms with Crippen molar-refractivity contribution in [1.82, 2.24) is 9.55 Å². The van der Waals surface area contributed by atoms with Crippen molar-refractivity contribution in [1.29, 1.82) is 0 Å². The summed E-state index contributed by atoms with van der Waals surface area (Å²) in [6.45, 7) is 5.12. The van der Waals surface area contributed by atoms with E-state index < -0.39 is 0 Å². The lowest BCUT2D eigenvalue weighted by atomic mass is 9.98. The van der Waals surface area contributed by atoms with Crippen molar-refractivity contribution in [2.45, 2.75) is 25.8 Å². The Kier molecular flexibility index (Phi) is 3.30. The van der Waals surface area contributed by atoms with Gasteiger partial charge < -0.3 is 15.2 Å². The standard InChI is InChI=1S/C14H22N4/c1-14(2,7-8-15)18(4)11-5-6-13-12(9-11)16-10-17(13)3/h5-6,9-10H,7-8,15H2,1-4H3. The van der Waals surface area contributed by atoms with Crippen LogP contribution >= 0.6 is 0 Å². The van der Waals surface area contributed by atoms with Gasteiger partial charge in [0.15, 0.2) is 0 Å². The molecule has 2 rings (SSSR count). The fourth-order valence-electron chi connectivity index (χ4n) is 2.20. The fraction of sp³-hybridized carbons (Fsp3) is 0.500. The lowest BCUT2D eigenvalue weighted by molar-refractivity contribution is 0.456. The van der Waals surface area contributed by atoms with Crippen LogP contribution in [0, 0.1) is 0 Å². The Morgan fingerprint density at radius 1 is 1.39 bits per heavy atom. The first-order valence-electron chi connectivity index (χ1n) is 6.31. The van der Waals surface area contributed by atoms with Crippen molar-refractivity contribution in [3.8, 4) is 0 Å². The van der Waals surface area contributed by atoms with Crippen molar-refractivity contribution >= 4 is 16.7 Å². The second kappa shape index (κ2) is 4.61. The van der Waals surface area contributed by atoms with E-state index >= 15 is 0 Å². The summed E-state index contributed by atoms with van der Waals surface area (Å²) in [5.74, 6) is 0. The van der Waals surface area contributed by atoms with Gasteiger partial charge in [-0.2, -0.15) is 0 Å². The number of imidazole rings is 1. The topological polar surface area (TPSA) is 47.1 Å². The number of benzene rings is 1. The van der Waals surface area contributed by atoms with E-state index in [-0.39, 0.29) is 5.54 Å². The lowest BCUT2D eigenvalue weighted by Crippen LogP contribution is -2.42. The minimum Gasteiger partial charge on any atom is -0.369 e. The molecule has 0 atom stereocenters. The van der Waals surface area contributed by atoms with Gasteiger partial charge in [0, 0.05) is 25.3 Å². The molecule has 0 aliphatic heterocycles. The van der Waals surface area contributed by atoms with Gasteiger partial charge in [-0.15, -0.1) is 0 Å². The second-order valence-electron chi connectivity index (χ2n) is 5.44. The van der Waals surface area contributed by atoms with E-state index in [0.717, 1.165) is 17.5 Å². The summed E-state index contributed by atoms with van der Waals surface area (Å²) in [5.41, 5.74) is 9.10. The van der Waals surface area contributed by atoms with Crippen LogP contribution in [0.4, 0.5) is 5.69 Å². The molecule has 1 heterocycles. The maximum atomic E-state index is 5.68. The zero-order chi connectivity index (χ0) is 13.3. The van der Waals surface area contributed by atoms with Gasteiger partial charge in [0.1, 0.15) is 0 Å². The summed E-state index contributed by atoms with van der Waals surface area (Å²) in [7, 11) is 4.12. The molecule has 0 unspecified atom stereocenters. The van der Waals surface area contributed by atoms with E-state index in [0.29, 0.717) is 6.54 Å². The first-order chi connectivity index (χ1) is 8.45. The molecule has 0 saturated heterocycles. The lowest BCUT2D eigenvalue weighted by Gasteiger charge is -2.37. The van der Waals surface area contributed by atoms with Crippen molar-refractivity contribution in [2.24, 2.45) is 12.8 Å². The van der Waals surface area contributed by atoms with Crippen LogP contribution in [0.15, 0.2) is 24.5 Å². The Morgan fingerprint density at radius 3 is 2.78 bits per heavy atom. The summed E-state index contributed by atoms with van der Waals surface area (Å²) >= 11 is 0. The molecule has 0 bridgehead atoms. The minimum atomic E-state index is 0.0528. The summed E-state index contributed by atoms with van der Waals surface area (Å²) in [6.07, 6.45) is 2.81. The monoisotopic (exact) mass is 246 g/mol. The first kappa shape index (κ1) is 12.9. The molecule has 1 aromatic heterocycles. The fourth-order valence-corrected chi connectivity index (χ4v) is 2.20. The van der Waals surface area contributed by atoms with Gasteiger partial charge in [-0.1, -0.05) is 0 Å². The molecule has 4 heteroatoms. The molecule has 0 fully saturated rings. The summed E-state index contributed by atoms with van der Waals surface area (Å²) in [6, 6.07) is 6.39. The van der Waals surface area contributed by atoms with Crippen LogP contribution in [0.1, 0.15) is 20.3 Å². The number of anilines is 1. The summed E-state index contributed by atoms with van der Waals surface area (Å²) in [4.78, 5) is 6.67. The number of rotatable bonds is 4. The maximum absolute atomic E-state index is 5.68. The maximum Gasteiger partial charge on any atom is 0.0955 e. The number of nitrogens with two attached hydrogens (primary N) is 1. The van der Waals surface area contributed by atoms with Gasteiger partial charge in [0.05, 0.1) is 17.4 Å². The van der Waals surface area contributed by atoms with Crippen LogP contribution in [0.5, 0.6) is 0 Å². The Labute approximate surface area is 108 Å². The van der Waals surface area contributed by atoms with Crippen LogP contribution in [-0.4, -0.2) is 28.7 Å². The predicted octanol–water partition coefficient (Wildman–Crippen LogP) is 2.14. The third kappa shape index (κ3) is 2.20. The van der Waals surface area contributed by atoms with Gasteiger partial charge in [-0.3, -0.25) is 0 Å².